The van der Waals surface area contributed by atoms with Crippen molar-refractivity contribution in [2.24, 2.45) is 0 Å². The van der Waals surface area contributed by atoms with Crippen molar-refractivity contribution >= 4 is 11.8 Å². The molecule has 2 amide bonds. The smallest absolute Gasteiger partial charge is 0.269 e. The van der Waals surface area contributed by atoms with Crippen LogP contribution in [0.25, 0.3) is 0 Å². The van der Waals surface area contributed by atoms with Crippen LogP contribution in [0.15, 0.2) is 24.3 Å². The Balaban J connectivity index is 2.01. The summed E-state index contributed by atoms with van der Waals surface area (Å²) in [5.74, 6) is 0.307. The van der Waals surface area contributed by atoms with Crippen molar-refractivity contribution in [1.82, 2.24) is 4.90 Å². The molecule has 0 saturated carbocycles. The topological polar surface area (TPSA) is 46.6 Å². The molecule has 0 aliphatic carbocycles. The molecule has 1 saturated heterocycles. The predicted molar refractivity (Wildman–Crippen MR) is 67.2 cm³/mol. The molecule has 0 bridgehead atoms. The number of hydrogen-bond acceptors (Lipinski definition) is 3. The summed E-state index contributed by atoms with van der Waals surface area (Å²) >= 11 is 0. The lowest BCUT2D eigenvalue weighted by molar-refractivity contribution is -0.146. The van der Waals surface area contributed by atoms with E-state index in [4.69, 9.17) is 4.74 Å². The summed E-state index contributed by atoms with van der Waals surface area (Å²) in [5, 5.41) is 0. The Hall–Kier alpha value is -1.84. The third kappa shape index (κ3) is 2.70. The zero-order chi connectivity index (χ0) is 13.1. The Morgan fingerprint density at radius 2 is 2.22 bits per heavy atom. The van der Waals surface area contributed by atoms with Crippen molar-refractivity contribution in [1.29, 1.82) is 0 Å². The zero-order valence-corrected chi connectivity index (χ0v) is 10.7. The second kappa shape index (κ2) is 5.21. The fraction of sp³-hybridized carbons (Fsp3) is 0.429. The molecule has 0 N–H and O–H groups in total. The monoisotopic (exact) mass is 247 g/mol. The Morgan fingerprint density at radius 1 is 1.44 bits per heavy atom. The molecule has 1 fully saturated rings. The largest absolute Gasteiger partial charge is 0.481 e. The van der Waals surface area contributed by atoms with Crippen molar-refractivity contribution in [3.8, 4) is 5.75 Å². The standard InChI is InChI=1S/C14H17NO3/c1-10-5-3-6-12(9-10)18-11(2)14(17)15-8-4-7-13(15)16/h3,5-6,9,11H,4,7-8H2,1-2H3. The van der Waals surface area contributed by atoms with Gasteiger partial charge in [-0.3, -0.25) is 14.5 Å². The summed E-state index contributed by atoms with van der Waals surface area (Å²) in [6.07, 6.45) is 0.582. The third-order valence-corrected chi connectivity index (χ3v) is 2.99. The Kier molecular flexibility index (Phi) is 3.65. The van der Waals surface area contributed by atoms with Crippen molar-refractivity contribution in [3.05, 3.63) is 29.8 Å². The van der Waals surface area contributed by atoms with Gasteiger partial charge in [0.2, 0.25) is 5.91 Å². The van der Waals surface area contributed by atoms with Crippen LogP contribution < -0.4 is 4.74 Å². The van der Waals surface area contributed by atoms with E-state index in [0.717, 1.165) is 12.0 Å². The minimum absolute atomic E-state index is 0.0975. The van der Waals surface area contributed by atoms with Crippen LogP contribution in [-0.2, 0) is 9.59 Å². The summed E-state index contributed by atoms with van der Waals surface area (Å²) in [5.41, 5.74) is 1.07. The summed E-state index contributed by atoms with van der Waals surface area (Å²) in [7, 11) is 0. The first-order valence-corrected chi connectivity index (χ1v) is 6.15. The lowest BCUT2D eigenvalue weighted by Crippen LogP contribution is -2.41. The van der Waals surface area contributed by atoms with E-state index in [1.807, 2.05) is 31.2 Å². The van der Waals surface area contributed by atoms with Gasteiger partial charge in [0, 0.05) is 13.0 Å². The molecule has 1 unspecified atom stereocenters. The average Bonchev–Trinajstić information content (AvgIpc) is 2.74. The summed E-state index contributed by atoms with van der Waals surface area (Å²) in [6.45, 7) is 4.15. The van der Waals surface area contributed by atoms with Crippen molar-refractivity contribution in [2.75, 3.05) is 6.54 Å². The third-order valence-electron chi connectivity index (χ3n) is 2.99. The number of imide groups is 1. The van der Waals surface area contributed by atoms with Gasteiger partial charge in [-0.1, -0.05) is 12.1 Å². The highest BCUT2D eigenvalue weighted by molar-refractivity contribution is 5.98. The van der Waals surface area contributed by atoms with Crippen LogP contribution in [0.1, 0.15) is 25.3 Å². The molecule has 1 aromatic carbocycles. The van der Waals surface area contributed by atoms with Gasteiger partial charge in [0.1, 0.15) is 5.75 Å². The average molecular weight is 247 g/mol. The molecule has 1 aromatic rings. The van der Waals surface area contributed by atoms with E-state index >= 15 is 0 Å². The van der Waals surface area contributed by atoms with E-state index in [-0.39, 0.29) is 11.8 Å². The van der Waals surface area contributed by atoms with E-state index in [9.17, 15) is 9.59 Å². The summed E-state index contributed by atoms with van der Waals surface area (Å²) < 4.78 is 5.57. The van der Waals surface area contributed by atoms with Gasteiger partial charge in [0.15, 0.2) is 6.10 Å². The predicted octanol–water partition coefficient (Wildman–Crippen LogP) is 1.91. The molecule has 1 atom stereocenters. The van der Waals surface area contributed by atoms with E-state index in [2.05, 4.69) is 0 Å². The molecule has 96 valence electrons. The molecule has 2 rings (SSSR count). The summed E-state index contributed by atoms with van der Waals surface area (Å²) in [4.78, 5) is 24.8. The highest BCUT2D eigenvalue weighted by atomic mass is 16.5. The molecular weight excluding hydrogens is 230 g/mol. The van der Waals surface area contributed by atoms with Gasteiger partial charge >= 0.3 is 0 Å². The van der Waals surface area contributed by atoms with Gasteiger partial charge in [0.25, 0.3) is 5.91 Å². The van der Waals surface area contributed by atoms with Crippen LogP contribution in [0.3, 0.4) is 0 Å². The number of likely N-dealkylation sites (tertiary alicyclic amines) is 1. The SMILES string of the molecule is Cc1cccc(OC(C)C(=O)N2CCCC2=O)c1. The van der Waals surface area contributed by atoms with Crippen LogP contribution in [0, 0.1) is 6.92 Å². The highest BCUT2D eigenvalue weighted by Gasteiger charge is 2.30. The Bertz CT molecular complexity index is 470. The van der Waals surface area contributed by atoms with Gasteiger partial charge in [-0.25, -0.2) is 0 Å². The van der Waals surface area contributed by atoms with Crippen LogP contribution in [0.4, 0.5) is 0 Å². The van der Waals surface area contributed by atoms with E-state index < -0.39 is 6.10 Å². The minimum Gasteiger partial charge on any atom is -0.481 e. The van der Waals surface area contributed by atoms with Crippen LogP contribution in [0.5, 0.6) is 5.75 Å². The lowest BCUT2D eigenvalue weighted by Gasteiger charge is -2.20. The zero-order valence-electron chi connectivity index (χ0n) is 10.7. The van der Waals surface area contributed by atoms with Gasteiger partial charge in [-0.2, -0.15) is 0 Å². The summed E-state index contributed by atoms with van der Waals surface area (Å²) in [6, 6.07) is 7.52. The molecule has 4 nitrogen and oxygen atoms in total. The first kappa shape index (κ1) is 12.6. The minimum atomic E-state index is -0.631. The quantitative estimate of drug-likeness (QED) is 0.819. The number of carbonyl (C=O) groups is 2. The number of ether oxygens (including phenoxy) is 1. The van der Waals surface area contributed by atoms with Crippen molar-refractivity contribution in [2.45, 2.75) is 32.8 Å². The number of rotatable bonds is 3. The van der Waals surface area contributed by atoms with Gasteiger partial charge in [-0.05, 0) is 38.0 Å². The molecule has 1 aliphatic rings. The first-order valence-electron chi connectivity index (χ1n) is 6.15. The first-order chi connectivity index (χ1) is 8.58. The highest BCUT2D eigenvalue weighted by Crippen LogP contribution is 2.17. The normalized spacial score (nSPS) is 16.8. The van der Waals surface area contributed by atoms with E-state index in [1.165, 1.54) is 4.90 Å². The number of carbonyl (C=O) groups excluding carboxylic acids is 2. The lowest BCUT2D eigenvalue weighted by atomic mass is 10.2. The molecule has 4 heteroatoms. The number of nitrogens with zero attached hydrogens (tertiary/aromatic N) is 1. The molecular formula is C14H17NO3. The van der Waals surface area contributed by atoms with Crippen LogP contribution >= 0.6 is 0 Å². The molecule has 1 heterocycles. The fourth-order valence-electron chi connectivity index (χ4n) is 2.04. The van der Waals surface area contributed by atoms with Crippen molar-refractivity contribution < 1.29 is 14.3 Å². The van der Waals surface area contributed by atoms with Crippen molar-refractivity contribution in [3.63, 3.8) is 0 Å². The molecule has 0 radical (unpaired) electrons. The van der Waals surface area contributed by atoms with E-state index in [0.29, 0.717) is 18.7 Å². The maximum absolute atomic E-state index is 12.0. The van der Waals surface area contributed by atoms with Gasteiger partial charge < -0.3 is 4.74 Å². The fourth-order valence-corrected chi connectivity index (χ4v) is 2.04. The van der Waals surface area contributed by atoms with Crippen LogP contribution in [-0.4, -0.2) is 29.4 Å². The maximum Gasteiger partial charge on any atom is 0.269 e. The second-order valence-corrected chi connectivity index (χ2v) is 4.56. The van der Waals surface area contributed by atoms with E-state index in [1.54, 1.807) is 6.92 Å². The molecule has 0 aromatic heterocycles. The van der Waals surface area contributed by atoms with Gasteiger partial charge in [-0.15, -0.1) is 0 Å². The number of benzene rings is 1. The Morgan fingerprint density at radius 3 is 2.83 bits per heavy atom. The van der Waals surface area contributed by atoms with Gasteiger partial charge in [0.05, 0.1) is 0 Å². The number of amides is 2. The number of aryl methyl sites for hydroxylation is 1. The Labute approximate surface area is 107 Å². The number of hydrogen-bond donors (Lipinski definition) is 0. The maximum atomic E-state index is 12.0. The second-order valence-electron chi connectivity index (χ2n) is 4.56. The molecule has 18 heavy (non-hydrogen) atoms. The molecule has 0 spiro atoms. The molecule has 1 aliphatic heterocycles. The van der Waals surface area contributed by atoms with Crippen LogP contribution in [0.2, 0.25) is 0 Å².